The molecule has 73 heavy (non-hydrogen) atoms. The highest BCUT2D eigenvalue weighted by Gasteiger charge is 2.35. The second kappa shape index (κ2) is 27.1. The van der Waals surface area contributed by atoms with Gasteiger partial charge in [0.1, 0.15) is 12.2 Å². The number of carbonyl (C=O) groups excluding carboxylic acids is 7. The summed E-state index contributed by atoms with van der Waals surface area (Å²) in [4.78, 5) is 88.1. The summed E-state index contributed by atoms with van der Waals surface area (Å²) < 4.78 is 27.5. The molecule has 7 amide bonds. The number of hydrogen-bond donors (Lipinski definition) is 9. The van der Waals surface area contributed by atoms with E-state index in [1.807, 2.05) is 30.3 Å². The minimum Gasteiger partial charge on any atom is -0.504 e. The number of rotatable bonds is 25. The van der Waals surface area contributed by atoms with Crippen LogP contribution in [0.25, 0.3) is 6.08 Å². The average Bonchev–Trinajstić information content (AvgIpc) is 3.66. The molecule has 0 saturated heterocycles. The number of nitrogens with two attached hydrogens (primary N) is 2. The molecule has 0 aromatic heterocycles. The third-order valence-electron chi connectivity index (χ3n) is 10.0. The van der Waals surface area contributed by atoms with Crippen molar-refractivity contribution < 1.29 is 62.4 Å². The second-order valence-corrected chi connectivity index (χ2v) is 16.4. The van der Waals surface area contributed by atoms with E-state index >= 15 is 0 Å². The smallest absolute Gasteiger partial charge is 0.344 e. The van der Waals surface area contributed by atoms with Gasteiger partial charge < -0.3 is 72.2 Å². The Morgan fingerprint density at radius 1 is 0.603 bits per heavy atom. The summed E-state index contributed by atoms with van der Waals surface area (Å²) in [6.07, 6.45) is 1.58. The molecule has 1 aliphatic heterocycles. The number of esters is 1. The van der Waals surface area contributed by atoms with Crippen LogP contribution in [-0.2, 0) is 28.5 Å². The molecule has 0 spiro atoms. The van der Waals surface area contributed by atoms with Gasteiger partial charge in [0.25, 0.3) is 5.91 Å². The lowest BCUT2D eigenvalue weighted by atomic mass is 10.1. The van der Waals surface area contributed by atoms with Crippen molar-refractivity contribution in [1.82, 2.24) is 5.32 Å². The first-order chi connectivity index (χ1) is 35.3. The number of hydrogen-bond acceptors (Lipinski definition) is 15. The highest BCUT2D eigenvalue weighted by Crippen LogP contribution is 2.41. The zero-order valence-electron chi connectivity index (χ0n) is 39.3. The Labute approximate surface area is 423 Å². The maximum Gasteiger partial charge on any atom is 0.344 e. The number of anilines is 5. The molecular weight excluding hydrogens is 965 g/mol. The molecule has 0 saturated carbocycles. The van der Waals surface area contributed by atoms with Crippen LogP contribution < -0.4 is 48.1 Å². The van der Waals surface area contributed by atoms with Crippen LogP contribution in [0.4, 0.5) is 38.0 Å². The minimum absolute atomic E-state index is 0.0922. The monoisotopic (exact) mass is 1020 g/mol. The molecule has 0 fully saturated rings. The second-order valence-electron chi connectivity index (χ2n) is 15.4. The van der Waals surface area contributed by atoms with Crippen molar-refractivity contribution in [3.05, 3.63) is 153 Å². The predicted octanol–water partition coefficient (Wildman–Crippen LogP) is 6.28. The number of amides is 7. The van der Waals surface area contributed by atoms with Gasteiger partial charge in [-0.2, -0.15) is 0 Å². The maximum atomic E-state index is 13.3. The standard InChI is InChI=1S/C51H52N8O13S/c1-2-71-49(65)43-44(61)42(73-48(43)55-35-6-4-3-5-7-35)27-31-8-17-41(40(60)26-31)72-25-24-70-23-22-69-21-20-68-19-18-54-47(64)34-28-38(58-50(66)56-36-13-9-32(10-14-36)45(52)62)30-39(29-34)59-51(67)57-37-15-11-33(12-16-37)46(53)63/h3-17,26-30,55,60H,2,18-25H2,1H3,(H2,52,62)(H2,53,63)(H,54,64)(H2,56,58,66)(H2,57,59,67)/b42-27-. The SMILES string of the molecule is CCOC(=O)C1=C(Nc2ccccc2)S/C(=C\c2ccc(OCCOCCOCCOCCNC(=O)c3cc(NC(=O)Nc4ccc(C(N)=O)cc4)cc(NC(=O)Nc4ccc(C(N)=O)cc4)c3)c(O)c2)C1=O. The molecule has 5 aromatic carbocycles. The van der Waals surface area contributed by atoms with E-state index in [-0.39, 0.29) is 109 Å². The van der Waals surface area contributed by atoms with Crippen LogP contribution in [-0.4, -0.2) is 106 Å². The molecule has 0 atom stereocenters. The van der Waals surface area contributed by atoms with Crippen LogP contribution >= 0.6 is 11.8 Å². The third-order valence-corrected chi connectivity index (χ3v) is 11.0. The molecule has 11 N–H and O–H groups in total. The zero-order valence-corrected chi connectivity index (χ0v) is 40.1. The topological polar surface area (TPSA) is 310 Å². The van der Waals surface area contributed by atoms with E-state index < -0.39 is 41.5 Å². The van der Waals surface area contributed by atoms with E-state index in [4.69, 9.17) is 35.2 Å². The first-order valence-corrected chi connectivity index (χ1v) is 23.3. The van der Waals surface area contributed by atoms with Crippen LogP contribution in [0.2, 0.25) is 0 Å². The zero-order chi connectivity index (χ0) is 52.1. The Balaban J connectivity index is 0.885. The van der Waals surface area contributed by atoms with Gasteiger partial charge in [0.2, 0.25) is 17.6 Å². The Bertz CT molecular complexity index is 2770. The lowest BCUT2D eigenvalue weighted by Crippen LogP contribution is -2.28. The summed E-state index contributed by atoms with van der Waals surface area (Å²) in [7, 11) is 0. The van der Waals surface area contributed by atoms with Gasteiger partial charge in [-0.05, 0) is 110 Å². The third kappa shape index (κ3) is 16.7. The number of allylic oxidation sites excluding steroid dienone is 1. The summed E-state index contributed by atoms with van der Waals surface area (Å²) in [5.74, 6) is -2.94. The molecule has 5 aromatic rings. The Kier molecular flexibility index (Phi) is 19.9. The Morgan fingerprint density at radius 3 is 1.67 bits per heavy atom. The fourth-order valence-electron chi connectivity index (χ4n) is 6.57. The molecule has 0 unspecified atom stereocenters. The molecule has 21 nitrogen and oxygen atoms in total. The number of phenolic OH excluding ortho intramolecular Hbond substituents is 1. The van der Waals surface area contributed by atoms with Crippen LogP contribution in [0.15, 0.2) is 131 Å². The summed E-state index contributed by atoms with van der Waals surface area (Å²) in [6, 6.07) is 28.4. The molecular formula is C51H52N8O13S. The molecule has 0 bridgehead atoms. The van der Waals surface area contributed by atoms with Crippen molar-refractivity contribution in [3.63, 3.8) is 0 Å². The van der Waals surface area contributed by atoms with E-state index in [0.29, 0.717) is 27.7 Å². The number of carbonyl (C=O) groups is 7. The van der Waals surface area contributed by atoms with Gasteiger partial charge in [-0.15, -0.1) is 0 Å². The van der Waals surface area contributed by atoms with E-state index in [0.717, 1.165) is 11.8 Å². The van der Waals surface area contributed by atoms with Crippen LogP contribution in [0, 0.1) is 0 Å². The average molecular weight is 1020 g/mol. The summed E-state index contributed by atoms with van der Waals surface area (Å²) in [6.45, 7) is 3.35. The van der Waals surface area contributed by atoms with Gasteiger partial charge in [0, 0.05) is 51.7 Å². The Morgan fingerprint density at radius 2 is 1.14 bits per heavy atom. The lowest BCUT2D eigenvalue weighted by molar-refractivity contribution is -0.139. The first-order valence-electron chi connectivity index (χ1n) is 22.5. The number of benzene rings is 5. The fraction of sp³-hybridized carbons (Fsp3) is 0.196. The van der Waals surface area contributed by atoms with Gasteiger partial charge in [-0.25, -0.2) is 14.4 Å². The van der Waals surface area contributed by atoms with Gasteiger partial charge in [-0.3, -0.25) is 19.2 Å². The van der Waals surface area contributed by atoms with Crippen molar-refractivity contribution >= 4 is 87.8 Å². The number of thioether (sulfide) groups is 1. The molecule has 22 heteroatoms. The lowest BCUT2D eigenvalue weighted by Gasteiger charge is -2.14. The normalized spacial score (nSPS) is 12.5. The quantitative estimate of drug-likeness (QED) is 0.0134. The number of urea groups is 2. The predicted molar refractivity (Wildman–Crippen MR) is 274 cm³/mol. The van der Waals surface area contributed by atoms with Gasteiger partial charge in [0.15, 0.2) is 11.5 Å². The van der Waals surface area contributed by atoms with Crippen molar-refractivity contribution in [2.24, 2.45) is 11.5 Å². The molecule has 1 aliphatic rings. The number of para-hydroxylation sites is 1. The van der Waals surface area contributed by atoms with Crippen LogP contribution in [0.1, 0.15) is 43.6 Å². The number of aromatic hydroxyl groups is 1. The van der Waals surface area contributed by atoms with Gasteiger partial charge >= 0.3 is 18.0 Å². The molecule has 0 radical (unpaired) electrons. The van der Waals surface area contributed by atoms with Gasteiger partial charge in [-0.1, -0.05) is 36.0 Å². The van der Waals surface area contributed by atoms with Crippen molar-refractivity contribution in [2.45, 2.75) is 6.92 Å². The van der Waals surface area contributed by atoms with E-state index in [1.54, 1.807) is 25.1 Å². The van der Waals surface area contributed by atoms with Crippen LogP contribution in [0.3, 0.4) is 0 Å². The number of Topliss-reactive ketones (excluding diaryl/α,β-unsaturated/α-hetero) is 1. The summed E-state index contributed by atoms with van der Waals surface area (Å²) in [5.41, 5.74) is 13.3. The molecule has 0 aliphatic carbocycles. The van der Waals surface area contributed by atoms with Gasteiger partial charge in [0.05, 0.1) is 56.2 Å². The fourth-order valence-corrected chi connectivity index (χ4v) is 7.63. The molecule has 1 heterocycles. The van der Waals surface area contributed by atoms with E-state index in [1.165, 1.54) is 72.8 Å². The Hall–Kier alpha value is -8.70. The number of ether oxygens (including phenoxy) is 5. The highest BCUT2D eigenvalue weighted by molar-refractivity contribution is 8.08. The maximum absolute atomic E-state index is 13.3. The molecule has 380 valence electrons. The van der Waals surface area contributed by atoms with Crippen LogP contribution in [0.5, 0.6) is 11.5 Å². The number of nitrogens with one attached hydrogen (secondary N) is 6. The largest absolute Gasteiger partial charge is 0.504 e. The van der Waals surface area contributed by atoms with Crippen molar-refractivity contribution in [3.8, 4) is 11.5 Å². The summed E-state index contributed by atoms with van der Waals surface area (Å²) >= 11 is 1.10. The minimum atomic E-state index is -0.726. The number of phenols is 1. The number of primary amides is 2. The van der Waals surface area contributed by atoms with Crippen molar-refractivity contribution in [1.29, 1.82) is 0 Å². The van der Waals surface area contributed by atoms with E-state index in [2.05, 4.69) is 31.9 Å². The van der Waals surface area contributed by atoms with E-state index in [9.17, 15) is 38.7 Å². The molecule has 6 rings (SSSR count). The summed E-state index contributed by atoms with van der Waals surface area (Å²) in [5, 5.41) is 27.3. The first kappa shape index (κ1) is 53.6. The number of ketones is 1. The highest BCUT2D eigenvalue weighted by atomic mass is 32.2. The van der Waals surface area contributed by atoms with Crippen molar-refractivity contribution in [2.75, 3.05) is 86.0 Å².